The van der Waals surface area contributed by atoms with Gasteiger partial charge in [-0.1, -0.05) is 12.1 Å². The van der Waals surface area contributed by atoms with Crippen molar-refractivity contribution in [2.45, 2.75) is 0 Å². The Morgan fingerprint density at radius 2 is 1.74 bits per heavy atom. The second kappa shape index (κ2) is 11.4. The van der Waals surface area contributed by atoms with Crippen molar-refractivity contribution in [3.8, 4) is 17.6 Å². The number of halogens is 1. The van der Waals surface area contributed by atoms with Gasteiger partial charge in [-0.05, 0) is 76.1 Å². The number of amides is 2. The van der Waals surface area contributed by atoms with Gasteiger partial charge in [0.25, 0.3) is 0 Å². The standard InChI is InChI=1S/C24H17BrN4O5/c1-33-21-12-16(8-11-20(21)34-24(32)18-4-2-3-5-19(18)25)14-27-29-23(31)22(30)28-17-9-6-15(13-26)7-10-17/h2-12,14H,1H3,(H,28,30)(H,29,31)/b27-14+. The molecule has 0 heterocycles. The molecule has 0 fully saturated rings. The van der Waals surface area contributed by atoms with E-state index in [1.807, 2.05) is 6.07 Å². The number of hydrazone groups is 1. The maximum Gasteiger partial charge on any atom is 0.344 e. The summed E-state index contributed by atoms with van der Waals surface area (Å²) in [6.07, 6.45) is 1.30. The molecule has 0 spiro atoms. The van der Waals surface area contributed by atoms with Crippen molar-refractivity contribution in [1.82, 2.24) is 5.43 Å². The molecular weight excluding hydrogens is 504 g/mol. The third-order valence-corrected chi connectivity index (χ3v) is 5.03. The number of hydrogen-bond acceptors (Lipinski definition) is 7. The average Bonchev–Trinajstić information content (AvgIpc) is 2.85. The molecule has 0 aliphatic carbocycles. The van der Waals surface area contributed by atoms with Crippen LogP contribution in [0.3, 0.4) is 0 Å². The molecule has 0 aromatic heterocycles. The lowest BCUT2D eigenvalue weighted by molar-refractivity contribution is -0.136. The molecule has 3 aromatic carbocycles. The summed E-state index contributed by atoms with van der Waals surface area (Å²) in [4.78, 5) is 36.3. The molecule has 0 saturated carbocycles. The van der Waals surface area contributed by atoms with Gasteiger partial charge in [0.05, 0.1) is 30.5 Å². The molecule has 0 atom stereocenters. The zero-order chi connectivity index (χ0) is 24.5. The van der Waals surface area contributed by atoms with Crippen LogP contribution in [0.4, 0.5) is 5.69 Å². The number of nitriles is 1. The highest BCUT2D eigenvalue weighted by Crippen LogP contribution is 2.29. The fourth-order valence-corrected chi connectivity index (χ4v) is 3.11. The quantitative estimate of drug-likeness (QED) is 0.168. The van der Waals surface area contributed by atoms with Crippen molar-refractivity contribution in [2.75, 3.05) is 12.4 Å². The van der Waals surface area contributed by atoms with Crippen LogP contribution in [-0.4, -0.2) is 31.1 Å². The highest BCUT2D eigenvalue weighted by molar-refractivity contribution is 9.10. The molecule has 9 nitrogen and oxygen atoms in total. The number of nitrogens with one attached hydrogen (secondary N) is 2. The number of benzene rings is 3. The molecule has 0 aliphatic rings. The molecule has 170 valence electrons. The molecule has 10 heteroatoms. The van der Waals surface area contributed by atoms with Crippen LogP contribution in [0.25, 0.3) is 0 Å². The van der Waals surface area contributed by atoms with E-state index in [0.29, 0.717) is 26.9 Å². The third-order valence-electron chi connectivity index (χ3n) is 4.34. The number of rotatable bonds is 6. The van der Waals surface area contributed by atoms with Crippen LogP contribution >= 0.6 is 15.9 Å². The smallest absolute Gasteiger partial charge is 0.344 e. The first-order chi connectivity index (χ1) is 16.4. The number of methoxy groups -OCH3 is 1. The Labute approximate surface area is 203 Å². The summed E-state index contributed by atoms with van der Waals surface area (Å²) in [7, 11) is 1.42. The van der Waals surface area contributed by atoms with Gasteiger partial charge in [-0.25, -0.2) is 10.2 Å². The van der Waals surface area contributed by atoms with Crippen LogP contribution in [-0.2, 0) is 9.59 Å². The first-order valence-corrected chi connectivity index (χ1v) is 10.5. The summed E-state index contributed by atoms with van der Waals surface area (Å²) in [6.45, 7) is 0. The van der Waals surface area contributed by atoms with Crippen LogP contribution < -0.4 is 20.2 Å². The Kier molecular flexibility index (Phi) is 8.10. The van der Waals surface area contributed by atoms with E-state index in [4.69, 9.17) is 14.7 Å². The Morgan fingerprint density at radius 3 is 2.41 bits per heavy atom. The summed E-state index contributed by atoms with van der Waals surface area (Å²) < 4.78 is 11.3. The Bertz CT molecular complexity index is 1300. The van der Waals surface area contributed by atoms with Crippen LogP contribution in [0, 0.1) is 11.3 Å². The van der Waals surface area contributed by atoms with Crippen LogP contribution in [0.15, 0.2) is 76.3 Å². The van der Waals surface area contributed by atoms with Crippen molar-refractivity contribution in [3.05, 3.63) is 87.9 Å². The summed E-state index contributed by atoms with van der Waals surface area (Å²) in [5.74, 6) is -1.99. The maximum atomic E-state index is 12.4. The predicted octanol–water partition coefficient (Wildman–Crippen LogP) is 3.64. The van der Waals surface area contributed by atoms with Crippen molar-refractivity contribution < 1.29 is 23.9 Å². The monoisotopic (exact) mass is 520 g/mol. The van der Waals surface area contributed by atoms with Crippen LogP contribution in [0.2, 0.25) is 0 Å². The van der Waals surface area contributed by atoms with Crippen molar-refractivity contribution in [1.29, 1.82) is 5.26 Å². The maximum absolute atomic E-state index is 12.4. The normalized spacial score (nSPS) is 10.3. The van der Waals surface area contributed by atoms with E-state index in [-0.39, 0.29) is 11.5 Å². The van der Waals surface area contributed by atoms with Gasteiger partial charge in [0, 0.05) is 10.2 Å². The Balaban J connectivity index is 1.60. The van der Waals surface area contributed by atoms with Gasteiger partial charge in [-0.3, -0.25) is 9.59 Å². The highest BCUT2D eigenvalue weighted by Gasteiger charge is 2.15. The minimum Gasteiger partial charge on any atom is -0.493 e. The van der Waals surface area contributed by atoms with Gasteiger partial charge in [0.15, 0.2) is 11.5 Å². The first-order valence-electron chi connectivity index (χ1n) is 9.70. The minimum absolute atomic E-state index is 0.200. The molecule has 0 aliphatic heterocycles. The second-order valence-electron chi connectivity index (χ2n) is 6.62. The van der Waals surface area contributed by atoms with Crippen LogP contribution in [0.1, 0.15) is 21.5 Å². The van der Waals surface area contributed by atoms with E-state index in [9.17, 15) is 14.4 Å². The lowest BCUT2D eigenvalue weighted by atomic mass is 10.2. The lowest BCUT2D eigenvalue weighted by Crippen LogP contribution is -2.32. The average molecular weight is 521 g/mol. The number of ether oxygens (including phenoxy) is 2. The number of carbonyl (C=O) groups excluding carboxylic acids is 3. The van der Waals surface area contributed by atoms with E-state index in [0.717, 1.165) is 0 Å². The summed E-state index contributed by atoms with van der Waals surface area (Å²) in [6, 6.07) is 19.5. The molecule has 0 bridgehead atoms. The van der Waals surface area contributed by atoms with Gasteiger partial charge in [0.1, 0.15) is 0 Å². The summed E-state index contributed by atoms with van der Waals surface area (Å²) in [5.41, 5.74) is 3.79. The van der Waals surface area contributed by atoms with Gasteiger partial charge in [0.2, 0.25) is 0 Å². The SMILES string of the molecule is COc1cc(/C=N/NC(=O)C(=O)Nc2ccc(C#N)cc2)ccc1OC(=O)c1ccccc1Br. The topological polar surface area (TPSA) is 130 Å². The molecule has 34 heavy (non-hydrogen) atoms. The summed E-state index contributed by atoms with van der Waals surface area (Å²) in [5, 5.41) is 14.9. The number of hydrogen-bond donors (Lipinski definition) is 2. The Hall–Kier alpha value is -4.49. The van der Waals surface area contributed by atoms with Crippen LogP contribution in [0.5, 0.6) is 11.5 Å². The molecule has 0 radical (unpaired) electrons. The summed E-state index contributed by atoms with van der Waals surface area (Å²) >= 11 is 3.31. The van der Waals surface area contributed by atoms with Gasteiger partial charge >= 0.3 is 17.8 Å². The van der Waals surface area contributed by atoms with E-state index in [2.05, 4.69) is 31.8 Å². The van der Waals surface area contributed by atoms with Crippen molar-refractivity contribution in [3.63, 3.8) is 0 Å². The van der Waals surface area contributed by atoms with Crippen molar-refractivity contribution >= 4 is 45.6 Å². The Morgan fingerprint density at radius 1 is 1.00 bits per heavy atom. The molecule has 3 aromatic rings. The molecular formula is C24H17BrN4O5. The molecule has 0 unspecified atom stereocenters. The van der Waals surface area contributed by atoms with E-state index in [1.165, 1.54) is 43.7 Å². The molecule has 2 N–H and O–H groups in total. The number of anilines is 1. The number of carbonyl (C=O) groups is 3. The minimum atomic E-state index is -0.980. The second-order valence-corrected chi connectivity index (χ2v) is 7.48. The number of nitrogens with zero attached hydrogens (tertiary/aromatic N) is 2. The van der Waals surface area contributed by atoms with Gasteiger partial charge in [-0.2, -0.15) is 10.4 Å². The molecule has 0 saturated heterocycles. The van der Waals surface area contributed by atoms with E-state index >= 15 is 0 Å². The molecule has 2 amide bonds. The fraction of sp³-hybridized carbons (Fsp3) is 0.0417. The highest BCUT2D eigenvalue weighted by atomic mass is 79.9. The lowest BCUT2D eigenvalue weighted by Gasteiger charge is -2.10. The number of esters is 1. The van der Waals surface area contributed by atoms with Crippen molar-refractivity contribution in [2.24, 2.45) is 5.10 Å². The largest absolute Gasteiger partial charge is 0.493 e. The third kappa shape index (κ3) is 6.27. The van der Waals surface area contributed by atoms with Gasteiger partial charge in [-0.15, -0.1) is 0 Å². The van der Waals surface area contributed by atoms with Gasteiger partial charge < -0.3 is 14.8 Å². The fourth-order valence-electron chi connectivity index (χ4n) is 2.66. The zero-order valence-corrected chi connectivity index (χ0v) is 19.3. The van der Waals surface area contributed by atoms with E-state index in [1.54, 1.807) is 36.4 Å². The first kappa shape index (κ1) is 24.2. The predicted molar refractivity (Wildman–Crippen MR) is 128 cm³/mol. The molecule has 3 rings (SSSR count). The van der Waals surface area contributed by atoms with E-state index < -0.39 is 17.8 Å². The zero-order valence-electron chi connectivity index (χ0n) is 17.7.